The molecule has 0 aliphatic carbocycles. The van der Waals surface area contributed by atoms with Crippen LogP contribution in [0.2, 0.25) is 10.0 Å². The molecular weight excluding hydrogens is 357 g/mol. The molecule has 126 valence electrons. The van der Waals surface area contributed by atoms with Crippen LogP contribution in [0.1, 0.15) is 11.1 Å². The summed E-state index contributed by atoms with van der Waals surface area (Å²) < 4.78 is 11.5. The van der Waals surface area contributed by atoms with Crippen molar-refractivity contribution in [3.05, 3.63) is 70.0 Å². The predicted molar refractivity (Wildman–Crippen MR) is 102 cm³/mol. The molecule has 0 unspecified atom stereocenters. The van der Waals surface area contributed by atoms with Crippen molar-refractivity contribution >= 4 is 45.1 Å². The van der Waals surface area contributed by atoms with Crippen molar-refractivity contribution < 1.29 is 9.15 Å². The van der Waals surface area contributed by atoms with E-state index in [4.69, 9.17) is 32.4 Å². The number of benzene rings is 2. The molecule has 2 heterocycles. The number of fused-ring (bicyclic) bond motifs is 3. The summed E-state index contributed by atoms with van der Waals surface area (Å²) in [7, 11) is 1.65. The summed E-state index contributed by atoms with van der Waals surface area (Å²) in [6.45, 7) is 0. The third kappa shape index (κ3) is 2.84. The van der Waals surface area contributed by atoms with E-state index in [2.05, 4.69) is 17.1 Å². The molecule has 0 aliphatic rings. The zero-order valence-electron chi connectivity index (χ0n) is 13.6. The first-order chi connectivity index (χ1) is 12.2. The molecule has 0 aliphatic heterocycles. The first-order valence-electron chi connectivity index (χ1n) is 7.94. The highest BCUT2D eigenvalue weighted by Gasteiger charge is 2.16. The summed E-state index contributed by atoms with van der Waals surface area (Å²) in [5.74, 6) is 0.731. The minimum Gasteiger partial charge on any atom is -0.493 e. The summed E-state index contributed by atoms with van der Waals surface area (Å²) in [6.07, 6.45) is 4.76. The maximum absolute atomic E-state index is 6.25. The van der Waals surface area contributed by atoms with Gasteiger partial charge in [0.05, 0.1) is 17.2 Å². The molecule has 4 rings (SSSR count). The van der Waals surface area contributed by atoms with Crippen molar-refractivity contribution in [2.75, 3.05) is 7.11 Å². The third-order valence-corrected chi connectivity index (χ3v) is 5.04. The quantitative estimate of drug-likeness (QED) is 0.435. The van der Waals surface area contributed by atoms with Crippen LogP contribution in [0.25, 0.3) is 21.9 Å². The van der Waals surface area contributed by atoms with Gasteiger partial charge in [-0.2, -0.15) is 0 Å². The molecule has 0 fully saturated rings. The van der Waals surface area contributed by atoms with Crippen molar-refractivity contribution in [2.24, 2.45) is 0 Å². The third-order valence-electron chi connectivity index (χ3n) is 4.39. The van der Waals surface area contributed by atoms with Crippen LogP contribution in [-0.2, 0) is 12.8 Å². The molecule has 0 N–H and O–H groups in total. The second-order valence-electron chi connectivity index (χ2n) is 5.81. The van der Waals surface area contributed by atoms with Crippen LogP contribution >= 0.6 is 23.2 Å². The highest BCUT2D eigenvalue weighted by Crippen LogP contribution is 2.37. The van der Waals surface area contributed by atoms with E-state index in [-0.39, 0.29) is 0 Å². The summed E-state index contributed by atoms with van der Waals surface area (Å²) in [6, 6.07) is 12.0. The number of ether oxygens (including phenoxy) is 1. The fraction of sp³-hybridized carbons (Fsp3) is 0.150. The average Bonchev–Trinajstić information content (AvgIpc) is 3.01. The van der Waals surface area contributed by atoms with E-state index in [0.717, 1.165) is 46.1 Å². The molecule has 0 radical (unpaired) electrons. The minimum absolute atomic E-state index is 0.592. The first kappa shape index (κ1) is 16.2. The molecule has 0 bridgehead atoms. The van der Waals surface area contributed by atoms with Gasteiger partial charge in [0.1, 0.15) is 5.58 Å². The van der Waals surface area contributed by atoms with Crippen molar-refractivity contribution in [1.29, 1.82) is 0 Å². The maximum atomic E-state index is 6.25. The lowest BCUT2D eigenvalue weighted by Crippen LogP contribution is -1.96. The Bertz CT molecular complexity index is 1050. The number of hydrogen-bond acceptors (Lipinski definition) is 3. The van der Waals surface area contributed by atoms with Gasteiger partial charge in [-0.25, -0.2) is 0 Å². The number of furan rings is 1. The molecule has 25 heavy (non-hydrogen) atoms. The van der Waals surface area contributed by atoms with Crippen LogP contribution in [0, 0.1) is 0 Å². The van der Waals surface area contributed by atoms with E-state index in [9.17, 15) is 0 Å². The average molecular weight is 372 g/mol. The van der Waals surface area contributed by atoms with Crippen LogP contribution in [0.4, 0.5) is 0 Å². The van der Waals surface area contributed by atoms with E-state index in [1.807, 2.05) is 24.3 Å². The summed E-state index contributed by atoms with van der Waals surface area (Å²) in [4.78, 5) is 4.01. The van der Waals surface area contributed by atoms with Crippen LogP contribution in [0.3, 0.4) is 0 Å². The Hall–Kier alpha value is -2.23. The molecule has 0 saturated carbocycles. The number of aryl methyl sites for hydroxylation is 1. The lowest BCUT2D eigenvalue weighted by molar-refractivity contribution is 0.412. The van der Waals surface area contributed by atoms with Gasteiger partial charge in [0.15, 0.2) is 11.3 Å². The Morgan fingerprint density at radius 1 is 1.00 bits per heavy atom. The molecule has 0 saturated heterocycles. The molecule has 4 aromatic rings. The van der Waals surface area contributed by atoms with Crippen LogP contribution in [0.15, 0.2) is 53.2 Å². The highest BCUT2D eigenvalue weighted by atomic mass is 35.5. The van der Waals surface area contributed by atoms with Gasteiger partial charge in [0.2, 0.25) is 0 Å². The molecule has 0 amide bonds. The fourth-order valence-corrected chi connectivity index (χ4v) is 3.73. The molecule has 5 heteroatoms. The molecule has 2 aromatic heterocycles. The number of halogens is 2. The first-order valence-corrected chi connectivity index (χ1v) is 8.69. The van der Waals surface area contributed by atoms with E-state index in [1.54, 1.807) is 19.5 Å². The molecule has 3 nitrogen and oxygen atoms in total. The Morgan fingerprint density at radius 3 is 2.52 bits per heavy atom. The van der Waals surface area contributed by atoms with Gasteiger partial charge in [-0.05, 0) is 36.1 Å². The second-order valence-corrected chi connectivity index (χ2v) is 6.63. The summed E-state index contributed by atoms with van der Waals surface area (Å²) in [5, 5.41) is 3.35. The largest absolute Gasteiger partial charge is 0.493 e. The van der Waals surface area contributed by atoms with Gasteiger partial charge in [0.25, 0.3) is 0 Å². The molecule has 0 atom stereocenters. The summed E-state index contributed by atoms with van der Waals surface area (Å²) in [5.41, 5.74) is 3.70. The van der Waals surface area contributed by atoms with Gasteiger partial charge in [0, 0.05) is 23.2 Å². The van der Waals surface area contributed by atoms with Crippen molar-refractivity contribution in [3.8, 4) is 5.75 Å². The standard InChI is InChI=1S/C20H15Cl2NO2/c1-24-18-9-7-12(6-8-13-15(21)10-23-11-16(13)22)19-14-4-2-3-5-17(14)25-20(18)19/h2-5,7,9-11H,6,8H2,1H3. The van der Waals surface area contributed by atoms with Crippen LogP contribution in [0.5, 0.6) is 5.75 Å². The number of methoxy groups -OCH3 is 1. The fourth-order valence-electron chi connectivity index (χ4n) is 3.18. The summed E-state index contributed by atoms with van der Waals surface area (Å²) >= 11 is 12.5. The number of aromatic nitrogens is 1. The number of para-hydroxylation sites is 1. The number of nitrogens with zero attached hydrogens (tertiary/aromatic N) is 1. The lowest BCUT2D eigenvalue weighted by atomic mass is 9.99. The van der Waals surface area contributed by atoms with Crippen molar-refractivity contribution in [1.82, 2.24) is 4.98 Å². The minimum atomic E-state index is 0.592. The Labute approximate surface area is 155 Å². The maximum Gasteiger partial charge on any atom is 0.177 e. The topological polar surface area (TPSA) is 35.3 Å². The molecule has 2 aromatic carbocycles. The van der Waals surface area contributed by atoms with Crippen molar-refractivity contribution in [2.45, 2.75) is 12.8 Å². The normalized spacial score (nSPS) is 11.3. The zero-order chi connectivity index (χ0) is 17.4. The van der Waals surface area contributed by atoms with Crippen molar-refractivity contribution in [3.63, 3.8) is 0 Å². The Morgan fingerprint density at radius 2 is 1.76 bits per heavy atom. The zero-order valence-corrected chi connectivity index (χ0v) is 15.1. The molecule has 0 spiro atoms. The highest BCUT2D eigenvalue weighted by molar-refractivity contribution is 6.35. The number of rotatable bonds is 4. The Kier molecular flexibility index (Phi) is 4.28. The number of hydrogen-bond donors (Lipinski definition) is 0. The van der Waals surface area contributed by atoms with E-state index in [1.165, 1.54) is 5.56 Å². The van der Waals surface area contributed by atoms with Gasteiger partial charge in [-0.3, -0.25) is 4.98 Å². The SMILES string of the molecule is COc1ccc(CCc2c(Cl)cncc2Cl)c2c1oc1ccccc12. The Balaban J connectivity index is 1.82. The van der Waals surface area contributed by atoms with Crippen LogP contribution in [-0.4, -0.2) is 12.1 Å². The van der Waals surface area contributed by atoms with E-state index >= 15 is 0 Å². The second kappa shape index (κ2) is 6.58. The van der Waals surface area contributed by atoms with Gasteiger partial charge < -0.3 is 9.15 Å². The monoisotopic (exact) mass is 371 g/mol. The van der Waals surface area contributed by atoms with Gasteiger partial charge >= 0.3 is 0 Å². The lowest BCUT2D eigenvalue weighted by Gasteiger charge is -2.09. The predicted octanol–water partition coefficient (Wildman–Crippen LogP) is 6.08. The van der Waals surface area contributed by atoms with Gasteiger partial charge in [-0.1, -0.05) is 47.5 Å². The van der Waals surface area contributed by atoms with E-state index in [0.29, 0.717) is 10.0 Å². The van der Waals surface area contributed by atoms with E-state index < -0.39 is 0 Å². The number of pyridine rings is 1. The molecular formula is C20H15Cl2NO2. The van der Waals surface area contributed by atoms with Gasteiger partial charge in [-0.15, -0.1) is 0 Å². The smallest absolute Gasteiger partial charge is 0.177 e. The van der Waals surface area contributed by atoms with Crippen LogP contribution < -0.4 is 4.74 Å².